The Bertz CT molecular complexity index is 2150. The van der Waals surface area contributed by atoms with Crippen molar-refractivity contribution in [3.05, 3.63) is 90.0 Å². The van der Waals surface area contributed by atoms with Gasteiger partial charge in [-0.15, -0.1) is 0 Å². The molecule has 0 radical (unpaired) electrons. The number of methoxy groups -OCH3 is 1. The number of carboxylic acid groups (broad SMARTS) is 1. The van der Waals surface area contributed by atoms with Crippen molar-refractivity contribution in [1.29, 1.82) is 0 Å². The number of alkyl halides is 2. The molecular formula is C35H31F2N9O5. The van der Waals surface area contributed by atoms with Crippen molar-refractivity contribution in [3.8, 4) is 33.9 Å². The largest absolute Gasteiger partial charge is 0.465 e. The van der Waals surface area contributed by atoms with Crippen LogP contribution in [-0.2, 0) is 22.4 Å². The van der Waals surface area contributed by atoms with Crippen molar-refractivity contribution in [2.75, 3.05) is 18.6 Å². The second kappa shape index (κ2) is 12.3. The summed E-state index contributed by atoms with van der Waals surface area (Å²) in [4.78, 5) is 64.0. The van der Waals surface area contributed by atoms with Crippen LogP contribution in [0.5, 0.6) is 0 Å². The number of aromatic amines is 2. The van der Waals surface area contributed by atoms with Gasteiger partial charge < -0.3 is 25.1 Å². The van der Waals surface area contributed by atoms with Gasteiger partial charge in [-0.25, -0.2) is 38.3 Å². The van der Waals surface area contributed by atoms with E-state index in [1.54, 1.807) is 23.5 Å². The lowest BCUT2D eigenvalue weighted by molar-refractivity contribution is -0.121. The number of hydrogen-bond donors (Lipinski definition) is 4. The molecular weight excluding hydrogens is 664 g/mol. The zero-order valence-electron chi connectivity index (χ0n) is 27.1. The predicted octanol–water partition coefficient (Wildman–Crippen LogP) is 5.29. The molecule has 8 rings (SSSR count). The van der Waals surface area contributed by atoms with Crippen LogP contribution in [0.1, 0.15) is 47.7 Å². The van der Waals surface area contributed by atoms with Gasteiger partial charge in [0.1, 0.15) is 17.7 Å². The maximum atomic E-state index is 14.0. The lowest BCUT2D eigenvalue weighted by atomic mass is 10.0. The summed E-state index contributed by atoms with van der Waals surface area (Å²) >= 11 is 0. The number of benzene rings is 2. The SMILES string of the molecule is COC(=O)N[C@H]1CCc2cccc3c2N(C1=O)[C@H](c1ncc(-c2ccc(-c4ncc(-c5cnc(C6CC(F)(F)CN6C(=O)O)[nH]5)cn4)cc2)[nH]1)C3. The number of para-hydroxylation sites is 1. The fraction of sp³-hybridized carbons (Fsp3) is 0.286. The summed E-state index contributed by atoms with van der Waals surface area (Å²) in [6.07, 6.45) is 5.26. The molecule has 0 saturated carbocycles. The number of anilines is 1. The first-order valence-corrected chi connectivity index (χ1v) is 16.3. The Morgan fingerprint density at radius 1 is 0.902 bits per heavy atom. The summed E-state index contributed by atoms with van der Waals surface area (Å²) in [5.74, 6) is -2.13. The molecule has 3 amide bonds. The Labute approximate surface area is 288 Å². The molecule has 3 aliphatic rings. The number of carbonyl (C=O) groups is 3. The maximum Gasteiger partial charge on any atom is 0.408 e. The minimum Gasteiger partial charge on any atom is -0.465 e. The Morgan fingerprint density at radius 3 is 2.24 bits per heavy atom. The molecule has 2 aromatic carbocycles. The topological polar surface area (TPSA) is 182 Å². The Morgan fingerprint density at radius 2 is 1.55 bits per heavy atom. The van der Waals surface area contributed by atoms with Crippen LogP contribution in [0.4, 0.5) is 24.1 Å². The predicted molar refractivity (Wildman–Crippen MR) is 178 cm³/mol. The second-order valence-corrected chi connectivity index (χ2v) is 12.8. The van der Waals surface area contributed by atoms with Gasteiger partial charge in [0.25, 0.3) is 5.92 Å². The first-order chi connectivity index (χ1) is 24.6. The zero-order valence-corrected chi connectivity index (χ0v) is 27.1. The molecule has 3 atom stereocenters. The average Bonchev–Trinajstić information content (AvgIpc) is 3.93. The number of rotatable bonds is 6. The molecule has 260 valence electrons. The highest BCUT2D eigenvalue weighted by atomic mass is 19.3. The highest BCUT2D eigenvalue weighted by molar-refractivity contribution is 6.02. The Hall–Kier alpha value is -6.19. The van der Waals surface area contributed by atoms with Gasteiger partial charge in [-0.1, -0.05) is 42.5 Å². The molecule has 3 aliphatic heterocycles. The lowest BCUT2D eigenvalue weighted by Crippen LogP contribution is -2.48. The second-order valence-electron chi connectivity index (χ2n) is 12.8. The Balaban J connectivity index is 0.983. The molecule has 14 nitrogen and oxygen atoms in total. The number of H-pyrrole nitrogens is 2. The quantitative estimate of drug-likeness (QED) is 0.184. The van der Waals surface area contributed by atoms with Crippen LogP contribution in [0.3, 0.4) is 0 Å². The summed E-state index contributed by atoms with van der Waals surface area (Å²) < 4.78 is 32.7. The number of ether oxygens (including phenoxy) is 1. The normalized spacial score (nSPS) is 20.6. The first kappa shape index (κ1) is 32.0. The first-order valence-electron chi connectivity index (χ1n) is 16.3. The third-order valence-electron chi connectivity index (χ3n) is 9.64. The van der Waals surface area contributed by atoms with Gasteiger partial charge in [-0.05, 0) is 29.5 Å². The van der Waals surface area contributed by atoms with Crippen molar-refractivity contribution in [2.24, 2.45) is 0 Å². The van der Waals surface area contributed by atoms with Crippen LogP contribution in [0.15, 0.2) is 67.3 Å². The van der Waals surface area contributed by atoms with E-state index in [0.29, 0.717) is 47.1 Å². The van der Waals surface area contributed by atoms with Crippen molar-refractivity contribution in [3.63, 3.8) is 0 Å². The number of aromatic nitrogens is 6. The minimum atomic E-state index is -3.13. The monoisotopic (exact) mass is 695 g/mol. The lowest BCUT2D eigenvalue weighted by Gasteiger charge is -2.27. The summed E-state index contributed by atoms with van der Waals surface area (Å²) in [6.45, 7) is -0.880. The van der Waals surface area contributed by atoms with Gasteiger partial charge in [0.05, 0.1) is 55.2 Å². The van der Waals surface area contributed by atoms with Crippen molar-refractivity contribution >= 4 is 23.8 Å². The van der Waals surface area contributed by atoms with Crippen LogP contribution in [0.25, 0.3) is 33.9 Å². The smallest absolute Gasteiger partial charge is 0.408 e. The van der Waals surface area contributed by atoms with E-state index in [2.05, 4.69) is 35.2 Å². The molecule has 1 unspecified atom stereocenters. The number of alkyl carbamates (subject to hydrolysis) is 1. The van der Waals surface area contributed by atoms with E-state index >= 15 is 0 Å². The summed E-state index contributed by atoms with van der Waals surface area (Å²) in [5, 5.41) is 12.1. The summed E-state index contributed by atoms with van der Waals surface area (Å²) in [7, 11) is 1.27. The summed E-state index contributed by atoms with van der Waals surface area (Å²) in [6, 6.07) is 11.4. The van der Waals surface area contributed by atoms with E-state index in [1.807, 2.05) is 42.5 Å². The van der Waals surface area contributed by atoms with Crippen LogP contribution < -0.4 is 10.2 Å². The molecule has 3 aromatic heterocycles. The van der Waals surface area contributed by atoms with Gasteiger partial charge >= 0.3 is 12.2 Å². The molecule has 1 saturated heterocycles. The highest BCUT2D eigenvalue weighted by Gasteiger charge is 2.49. The van der Waals surface area contributed by atoms with Gasteiger partial charge in [0, 0.05) is 36.4 Å². The van der Waals surface area contributed by atoms with Crippen molar-refractivity contribution in [1.82, 2.24) is 40.1 Å². The Kier molecular flexibility index (Phi) is 7.72. The molecule has 6 heterocycles. The van der Waals surface area contributed by atoms with E-state index in [4.69, 9.17) is 4.74 Å². The van der Waals surface area contributed by atoms with E-state index in [-0.39, 0.29) is 17.8 Å². The number of nitrogens with one attached hydrogen (secondary N) is 3. The average molecular weight is 696 g/mol. The third-order valence-corrected chi connectivity index (χ3v) is 9.64. The van der Waals surface area contributed by atoms with E-state index in [0.717, 1.165) is 33.6 Å². The zero-order chi connectivity index (χ0) is 35.4. The van der Waals surface area contributed by atoms with Crippen LogP contribution >= 0.6 is 0 Å². The molecule has 1 fully saturated rings. The molecule has 0 aliphatic carbocycles. The standard InChI is InChI=1S/C35H31F2N9O5/c1-51-33(48)44-23-10-9-19-3-2-4-21-11-26(46(28(19)21)32(23)47)30-40-15-24(42-30)18-5-7-20(8-6-18)29-38-13-22(14-39-29)25-16-41-31(43-25)27-12-35(36,37)17-45(27)34(49)50/h2-8,13-16,23,26-27H,9-12,17H2,1H3,(H,40,42)(H,41,43)(H,44,48)(H,49,50)/t23-,26-,27?/m0/s1. The minimum absolute atomic E-state index is 0.131. The van der Waals surface area contributed by atoms with Crippen LogP contribution in [-0.4, -0.2) is 83.6 Å². The van der Waals surface area contributed by atoms with Gasteiger partial charge in [-0.2, -0.15) is 0 Å². The maximum absolute atomic E-state index is 14.0. The molecule has 4 N–H and O–H groups in total. The molecule has 51 heavy (non-hydrogen) atoms. The van der Waals surface area contributed by atoms with E-state index in [1.165, 1.54) is 13.3 Å². The number of nitrogens with zero attached hydrogens (tertiary/aromatic N) is 6. The van der Waals surface area contributed by atoms with Crippen molar-refractivity contribution < 1.29 is 33.0 Å². The number of amides is 3. The van der Waals surface area contributed by atoms with Gasteiger partial charge in [-0.3, -0.25) is 14.6 Å². The number of likely N-dealkylation sites (tertiary alicyclic amines) is 1. The van der Waals surface area contributed by atoms with Gasteiger partial charge in [0.2, 0.25) is 5.91 Å². The summed E-state index contributed by atoms with van der Waals surface area (Å²) in [5.41, 5.74) is 6.37. The van der Waals surface area contributed by atoms with E-state index in [9.17, 15) is 28.3 Å². The number of carbonyl (C=O) groups excluding carboxylic acids is 2. The molecule has 0 bridgehead atoms. The number of hydrogen-bond acceptors (Lipinski definition) is 8. The molecule has 16 heteroatoms. The number of halogens is 2. The van der Waals surface area contributed by atoms with Crippen LogP contribution in [0.2, 0.25) is 0 Å². The van der Waals surface area contributed by atoms with Gasteiger partial charge in [0.15, 0.2) is 5.82 Å². The fourth-order valence-corrected chi connectivity index (χ4v) is 7.17. The molecule has 5 aromatic rings. The fourth-order valence-electron chi connectivity index (χ4n) is 7.17. The van der Waals surface area contributed by atoms with Crippen LogP contribution in [0, 0.1) is 0 Å². The molecule has 0 spiro atoms. The highest BCUT2D eigenvalue weighted by Crippen LogP contribution is 2.45. The number of aryl methyl sites for hydroxylation is 1. The third kappa shape index (κ3) is 5.81. The van der Waals surface area contributed by atoms with Crippen molar-refractivity contribution in [2.45, 2.75) is 49.7 Å². The van der Waals surface area contributed by atoms with E-state index < -0.39 is 43.2 Å². The number of imidazole rings is 2.